The van der Waals surface area contributed by atoms with E-state index in [9.17, 15) is 13.2 Å². The lowest BCUT2D eigenvalue weighted by atomic mass is 10.2. The number of amides is 1. The third-order valence-electron chi connectivity index (χ3n) is 5.62. The Morgan fingerprint density at radius 1 is 1.06 bits per heavy atom. The zero-order valence-electron chi connectivity index (χ0n) is 17.4. The highest BCUT2D eigenvalue weighted by atomic mass is 32.2. The van der Waals surface area contributed by atoms with Crippen LogP contribution in [-0.2, 0) is 21.4 Å². The summed E-state index contributed by atoms with van der Waals surface area (Å²) in [5.74, 6) is 1.16. The Bertz CT molecular complexity index is 1270. The molecule has 0 atom stereocenters. The van der Waals surface area contributed by atoms with Crippen molar-refractivity contribution in [2.45, 2.75) is 37.1 Å². The van der Waals surface area contributed by atoms with Crippen molar-refractivity contribution in [1.82, 2.24) is 19.3 Å². The van der Waals surface area contributed by atoms with Gasteiger partial charge in [0.15, 0.2) is 11.5 Å². The molecule has 2 aliphatic heterocycles. The Morgan fingerprint density at radius 2 is 1.88 bits per heavy atom. The Hall–Kier alpha value is -3.18. The fourth-order valence-electron chi connectivity index (χ4n) is 3.94. The average molecular weight is 458 g/mol. The molecule has 1 amide bonds. The van der Waals surface area contributed by atoms with Crippen LogP contribution in [0.3, 0.4) is 0 Å². The van der Waals surface area contributed by atoms with E-state index >= 15 is 0 Å². The van der Waals surface area contributed by atoms with Gasteiger partial charge in [0.2, 0.25) is 22.7 Å². The second kappa shape index (κ2) is 8.40. The van der Waals surface area contributed by atoms with E-state index in [0.29, 0.717) is 55.2 Å². The van der Waals surface area contributed by atoms with Crippen molar-refractivity contribution in [2.75, 3.05) is 25.2 Å². The summed E-state index contributed by atoms with van der Waals surface area (Å²) in [5, 5.41) is 11.1. The van der Waals surface area contributed by atoms with Crippen molar-refractivity contribution in [2.24, 2.45) is 0 Å². The number of nitrogens with zero attached hydrogens (tertiary/aromatic N) is 4. The lowest BCUT2D eigenvalue weighted by molar-refractivity contribution is -0.116. The van der Waals surface area contributed by atoms with Crippen molar-refractivity contribution < 1.29 is 22.7 Å². The first-order chi connectivity index (χ1) is 15.5. The molecule has 0 unspecified atom stereocenters. The second-order valence-electron chi connectivity index (χ2n) is 7.79. The molecular weight excluding hydrogens is 434 g/mol. The van der Waals surface area contributed by atoms with Gasteiger partial charge in [0, 0.05) is 37.8 Å². The van der Waals surface area contributed by atoms with Gasteiger partial charge in [-0.3, -0.25) is 4.79 Å². The van der Waals surface area contributed by atoms with Gasteiger partial charge in [0.25, 0.3) is 0 Å². The van der Waals surface area contributed by atoms with E-state index in [1.807, 2.05) is 0 Å². The molecule has 0 bridgehead atoms. The van der Waals surface area contributed by atoms with Crippen molar-refractivity contribution >= 4 is 32.7 Å². The number of hydrogen-bond donors (Lipinski definition) is 1. The lowest BCUT2D eigenvalue weighted by Crippen LogP contribution is -2.27. The molecule has 3 aromatic rings. The molecule has 0 aliphatic carbocycles. The molecule has 1 fully saturated rings. The molecule has 0 spiro atoms. The second-order valence-corrected chi connectivity index (χ2v) is 9.73. The quantitative estimate of drug-likeness (QED) is 0.579. The standard InChI is InChI=1S/C21H23N5O5S/c27-21(22-15-5-8-19-20(12-15)31-14-30-19)4-3-11-26-18-7-6-16(13-17(18)23-24-26)32(28,29)25-9-1-2-10-25/h5-8,12-13H,1-4,9-11,14H2,(H,22,27). The summed E-state index contributed by atoms with van der Waals surface area (Å²) in [7, 11) is -3.50. The number of aryl methyl sites for hydroxylation is 1. The summed E-state index contributed by atoms with van der Waals surface area (Å²) in [4.78, 5) is 12.5. The zero-order chi connectivity index (χ0) is 22.1. The minimum atomic E-state index is -3.50. The minimum absolute atomic E-state index is 0.118. The number of nitrogens with one attached hydrogen (secondary N) is 1. The van der Waals surface area contributed by atoms with E-state index in [0.717, 1.165) is 18.4 Å². The number of fused-ring (bicyclic) bond motifs is 2. The first-order valence-electron chi connectivity index (χ1n) is 10.5. The highest BCUT2D eigenvalue weighted by Crippen LogP contribution is 2.34. The molecule has 2 aromatic carbocycles. The van der Waals surface area contributed by atoms with Crippen LogP contribution in [0.1, 0.15) is 25.7 Å². The summed E-state index contributed by atoms with van der Waals surface area (Å²) in [6, 6.07) is 10.2. The van der Waals surface area contributed by atoms with Gasteiger partial charge in [-0.15, -0.1) is 5.10 Å². The molecule has 0 saturated carbocycles. The van der Waals surface area contributed by atoms with Crippen LogP contribution in [0.4, 0.5) is 5.69 Å². The third kappa shape index (κ3) is 4.00. The van der Waals surface area contributed by atoms with E-state index < -0.39 is 10.0 Å². The molecule has 168 valence electrons. The molecule has 1 N–H and O–H groups in total. The normalized spacial score (nSPS) is 16.0. The molecular formula is C21H23N5O5S. The molecule has 5 rings (SSSR count). The maximum atomic E-state index is 12.8. The number of hydrogen-bond acceptors (Lipinski definition) is 7. The lowest BCUT2D eigenvalue weighted by Gasteiger charge is -2.15. The van der Waals surface area contributed by atoms with Crippen LogP contribution in [-0.4, -0.2) is 53.5 Å². The van der Waals surface area contributed by atoms with Gasteiger partial charge in [0.05, 0.1) is 10.4 Å². The number of sulfonamides is 1. The van der Waals surface area contributed by atoms with Gasteiger partial charge in [-0.2, -0.15) is 4.31 Å². The Balaban J connectivity index is 1.20. The Kier molecular flexibility index (Phi) is 5.43. The Morgan fingerprint density at radius 3 is 2.72 bits per heavy atom. The number of aromatic nitrogens is 3. The molecule has 11 heteroatoms. The topological polar surface area (TPSA) is 116 Å². The van der Waals surface area contributed by atoms with E-state index in [-0.39, 0.29) is 17.6 Å². The van der Waals surface area contributed by atoms with Gasteiger partial charge in [-0.05, 0) is 49.6 Å². The number of carbonyl (C=O) groups is 1. The largest absolute Gasteiger partial charge is 0.454 e. The van der Waals surface area contributed by atoms with E-state index in [2.05, 4.69) is 15.6 Å². The predicted octanol–water partition coefficient (Wildman–Crippen LogP) is 2.36. The summed E-state index contributed by atoms with van der Waals surface area (Å²) < 4.78 is 39.3. The average Bonchev–Trinajstić information content (AvgIpc) is 3.54. The Labute approximate surface area is 185 Å². The van der Waals surface area contributed by atoms with Crippen LogP contribution < -0.4 is 14.8 Å². The fourth-order valence-corrected chi connectivity index (χ4v) is 5.48. The third-order valence-corrected chi connectivity index (χ3v) is 7.51. The maximum Gasteiger partial charge on any atom is 0.243 e. The molecule has 1 saturated heterocycles. The number of benzene rings is 2. The van der Waals surface area contributed by atoms with E-state index in [1.165, 1.54) is 4.31 Å². The van der Waals surface area contributed by atoms with Crippen molar-refractivity contribution in [3.05, 3.63) is 36.4 Å². The van der Waals surface area contributed by atoms with Crippen molar-refractivity contribution in [1.29, 1.82) is 0 Å². The first-order valence-corrected chi connectivity index (χ1v) is 12.0. The molecule has 32 heavy (non-hydrogen) atoms. The summed E-state index contributed by atoms with van der Waals surface area (Å²) in [6.07, 6.45) is 2.64. The minimum Gasteiger partial charge on any atom is -0.454 e. The molecule has 10 nitrogen and oxygen atoms in total. The highest BCUT2D eigenvalue weighted by Gasteiger charge is 2.27. The maximum absolute atomic E-state index is 12.8. The predicted molar refractivity (Wildman–Crippen MR) is 116 cm³/mol. The number of rotatable bonds is 7. The van der Waals surface area contributed by atoms with Crippen LogP contribution in [0.2, 0.25) is 0 Å². The number of ether oxygens (including phenoxy) is 2. The number of anilines is 1. The fraction of sp³-hybridized carbons (Fsp3) is 0.381. The van der Waals surface area contributed by atoms with Crippen LogP contribution in [0, 0.1) is 0 Å². The van der Waals surface area contributed by atoms with E-state index in [1.54, 1.807) is 41.1 Å². The molecule has 3 heterocycles. The SMILES string of the molecule is O=C(CCCn1nnc2cc(S(=O)(=O)N3CCCC3)ccc21)Nc1ccc2c(c1)OCO2. The monoisotopic (exact) mass is 457 g/mol. The summed E-state index contributed by atoms with van der Waals surface area (Å²) >= 11 is 0. The summed E-state index contributed by atoms with van der Waals surface area (Å²) in [5.41, 5.74) is 1.91. The van der Waals surface area contributed by atoms with Crippen LogP contribution >= 0.6 is 0 Å². The molecule has 0 radical (unpaired) electrons. The van der Waals surface area contributed by atoms with Gasteiger partial charge in [-0.1, -0.05) is 5.21 Å². The first kappa shape index (κ1) is 20.7. The van der Waals surface area contributed by atoms with Crippen molar-refractivity contribution in [3.63, 3.8) is 0 Å². The van der Waals surface area contributed by atoms with Gasteiger partial charge >= 0.3 is 0 Å². The van der Waals surface area contributed by atoms with Gasteiger partial charge < -0.3 is 14.8 Å². The van der Waals surface area contributed by atoms with Crippen LogP contribution in [0.25, 0.3) is 11.0 Å². The molecule has 1 aromatic heterocycles. The van der Waals surface area contributed by atoms with Gasteiger partial charge in [0.1, 0.15) is 5.52 Å². The zero-order valence-corrected chi connectivity index (χ0v) is 18.2. The van der Waals surface area contributed by atoms with Crippen LogP contribution in [0.15, 0.2) is 41.3 Å². The van der Waals surface area contributed by atoms with Gasteiger partial charge in [-0.25, -0.2) is 13.1 Å². The van der Waals surface area contributed by atoms with Crippen LogP contribution in [0.5, 0.6) is 11.5 Å². The summed E-state index contributed by atoms with van der Waals surface area (Å²) in [6.45, 7) is 1.79. The van der Waals surface area contributed by atoms with Crippen molar-refractivity contribution in [3.8, 4) is 11.5 Å². The highest BCUT2D eigenvalue weighted by molar-refractivity contribution is 7.89. The van der Waals surface area contributed by atoms with E-state index in [4.69, 9.17) is 9.47 Å². The molecule has 2 aliphatic rings. The smallest absolute Gasteiger partial charge is 0.243 e. The number of carbonyl (C=O) groups excluding carboxylic acids is 1.